The Morgan fingerprint density at radius 1 is 1.09 bits per heavy atom. The summed E-state index contributed by atoms with van der Waals surface area (Å²) >= 11 is 5.89. The summed E-state index contributed by atoms with van der Waals surface area (Å²) in [6.45, 7) is 2.01. The molecule has 0 fully saturated rings. The van der Waals surface area contributed by atoms with Gasteiger partial charge in [-0.2, -0.15) is 0 Å². The number of amides is 2. The Morgan fingerprint density at radius 2 is 1.82 bits per heavy atom. The fourth-order valence-corrected chi connectivity index (χ4v) is 2.14. The van der Waals surface area contributed by atoms with Crippen LogP contribution in [0.5, 0.6) is 0 Å². The van der Waals surface area contributed by atoms with Crippen molar-refractivity contribution in [3.05, 3.63) is 70.7 Å². The highest BCUT2D eigenvalue weighted by Crippen LogP contribution is 2.10. The summed E-state index contributed by atoms with van der Waals surface area (Å²) in [7, 11) is 0. The Kier molecular flexibility index (Phi) is 5.55. The second-order valence-electron chi connectivity index (χ2n) is 4.91. The average Bonchev–Trinajstić information content (AvgIpc) is 2.53. The molecule has 2 aromatic carbocycles. The number of nitrogens with one attached hydrogen (secondary N) is 2. The highest BCUT2D eigenvalue weighted by Gasteiger charge is 2.16. The van der Waals surface area contributed by atoms with Gasteiger partial charge in [-0.15, -0.1) is 0 Å². The molecule has 2 N–H and O–H groups in total. The number of halogens is 1. The van der Waals surface area contributed by atoms with Crippen molar-refractivity contribution in [3.63, 3.8) is 0 Å². The van der Waals surface area contributed by atoms with E-state index in [4.69, 9.17) is 11.6 Å². The van der Waals surface area contributed by atoms with Crippen molar-refractivity contribution >= 4 is 23.4 Å². The van der Waals surface area contributed by atoms with Gasteiger partial charge in [0.25, 0.3) is 5.91 Å². The summed E-state index contributed by atoms with van der Waals surface area (Å²) in [6, 6.07) is 15.4. The van der Waals surface area contributed by atoms with Crippen molar-refractivity contribution in [2.24, 2.45) is 0 Å². The lowest BCUT2D eigenvalue weighted by Crippen LogP contribution is -2.44. The van der Waals surface area contributed by atoms with Gasteiger partial charge in [0.2, 0.25) is 5.91 Å². The summed E-state index contributed by atoms with van der Waals surface area (Å²) in [5, 5.41) is 6.06. The molecule has 0 aliphatic carbocycles. The first kappa shape index (κ1) is 16.0. The van der Waals surface area contributed by atoms with E-state index in [1.165, 1.54) is 0 Å². The maximum atomic E-state index is 12.0. The van der Waals surface area contributed by atoms with Crippen LogP contribution in [-0.4, -0.2) is 17.9 Å². The maximum Gasteiger partial charge on any atom is 0.251 e. The van der Waals surface area contributed by atoms with Crippen LogP contribution >= 0.6 is 11.6 Å². The molecule has 22 heavy (non-hydrogen) atoms. The van der Waals surface area contributed by atoms with Crippen molar-refractivity contribution in [1.29, 1.82) is 0 Å². The van der Waals surface area contributed by atoms with Crippen molar-refractivity contribution in [3.8, 4) is 0 Å². The van der Waals surface area contributed by atoms with Gasteiger partial charge in [0.05, 0.1) is 0 Å². The van der Waals surface area contributed by atoms with Crippen LogP contribution < -0.4 is 10.6 Å². The zero-order valence-corrected chi connectivity index (χ0v) is 12.9. The van der Waals surface area contributed by atoms with Crippen molar-refractivity contribution in [2.45, 2.75) is 19.5 Å². The topological polar surface area (TPSA) is 58.2 Å². The largest absolute Gasteiger partial charge is 0.350 e. The monoisotopic (exact) mass is 316 g/mol. The Morgan fingerprint density at radius 3 is 2.50 bits per heavy atom. The lowest BCUT2D eigenvalue weighted by Gasteiger charge is -2.14. The van der Waals surface area contributed by atoms with Gasteiger partial charge in [0.1, 0.15) is 6.04 Å². The van der Waals surface area contributed by atoms with Crippen LogP contribution in [0.25, 0.3) is 0 Å². The predicted octanol–water partition coefficient (Wildman–Crippen LogP) is 2.77. The van der Waals surface area contributed by atoms with E-state index in [0.717, 1.165) is 5.56 Å². The predicted molar refractivity (Wildman–Crippen MR) is 86.7 cm³/mol. The molecule has 0 radical (unpaired) electrons. The van der Waals surface area contributed by atoms with Crippen LogP contribution in [0, 0.1) is 0 Å². The lowest BCUT2D eigenvalue weighted by atomic mass is 10.2. The fraction of sp³-hybridized carbons (Fsp3) is 0.176. The molecule has 0 saturated heterocycles. The number of rotatable bonds is 5. The average molecular weight is 317 g/mol. The summed E-state index contributed by atoms with van der Waals surface area (Å²) < 4.78 is 0. The van der Waals surface area contributed by atoms with Gasteiger partial charge in [-0.05, 0) is 36.8 Å². The van der Waals surface area contributed by atoms with Gasteiger partial charge in [0.15, 0.2) is 0 Å². The lowest BCUT2D eigenvalue weighted by molar-refractivity contribution is -0.122. The van der Waals surface area contributed by atoms with Gasteiger partial charge < -0.3 is 10.6 Å². The smallest absolute Gasteiger partial charge is 0.251 e. The van der Waals surface area contributed by atoms with Gasteiger partial charge in [0, 0.05) is 17.1 Å². The normalized spacial score (nSPS) is 11.5. The molecular weight excluding hydrogens is 300 g/mol. The van der Waals surface area contributed by atoms with Gasteiger partial charge in [-0.3, -0.25) is 9.59 Å². The Bertz CT molecular complexity index is 659. The molecule has 0 bridgehead atoms. The molecule has 0 aliphatic heterocycles. The highest BCUT2D eigenvalue weighted by molar-refractivity contribution is 6.30. The molecule has 4 nitrogen and oxygen atoms in total. The van der Waals surface area contributed by atoms with E-state index in [1.807, 2.05) is 18.2 Å². The van der Waals surface area contributed by atoms with E-state index in [0.29, 0.717) is 17.1 Å². The van der Waals surface area contributed by atoms with Crippen LogP contribution in [0.4, 0.5) is 0 Å². The summed E-state index contributed by atoms with van der Waals surface area (Å²) in [6.07, 6.45) is 0. The van der Waals surface area contributed by atoms with E-state index >= 15 is 0 Å². The van der Waals surface area contributed by atoms with Gasteiger partial charge in [-0.1, -0.05) is 41.9 Å². The first-order valence-corrected chi connectivity index (χ1v) is 7.32. The van der Waals surface area contributed by atoms with E-state index < -0.39 is 6.04 Å². The highest BCUT2D eigenvalue weighted by atomic mass is 35.5. The molecule has 0 saturated carbocycles. The van der Waals surface area contributed by atoms with Crippen LogP contribution in [0.2, 0.25) is 5.02 Å². The molecule has 0 aromatic heterocycles. The number of carbonyl (C=O) groups is 2. The molecule has 5 heteroatoms. The van der Waals surface area contributed by atoms with Crippen LogP contribution in [-0.2, 0) is 11.3 Å². The van der Waals surface area contributed by atoms with Crippen LogP contribution in [0.3, 0.4) is 0 Å². The second-order valence-corrected chi connectivity index (χ2v) is 5.35. The standard InChI is InChI=1S/C17H17ClN2O2/c1-12(20-17(22)14-7-3-2-4-8-14)16(21)19-11-13-6-5-9-15(18)10-13/h2-10,12H,11H2,1H3,(H,19,21)(H,20,22). The number of hydrogen-bond donors (Lipinski definition) is 2. The fourth-order valence-electron chi connectivity index (χ4n) is 1.92. The summed E-state index contributed by atoms with van der Waals surface area (Å²) in [5.41, 5.74) is 1.43. The molecule has 0 spiro atoms. The molecule has 1 atom stereocenters. The third-order valence-corrected chi connectivity index (χ3v) is 3.37. The first-order valence-electron chi connectivity index (χ1n) is 6.94. The number of benzene rings is 2. The molecule has 2 amide bonds. The molecule has 2 rings (SSSR count). The van der Waals surface area contributed by atoms with Crippen LogP contribution in [0.15, 0.2) is 54.6 Å². The first-order chi connectivity index (χ1) is 10.6. The maximum absolute atomic E-state index is 12.0. The minimum Gasteiger partial charge on any atom is -0.350 e. The molecule has 1 unspecified atom stereocenters. The van der Waals surface area contributed by atoms with E-state index in [1.54, 1.807) is 43.3 Å². The Hall–Kier alpha value is -2.33. The molecule has 0 heterocycles. The Balaban J connectivity index is 1.86. The van der Waals surface area contributed by atoms with E-state index in [9.17, 15) is 9.59 Å². The molecular formula is C17H17ClN2O2. The second kappa shape index (κ2) is 7.61. The SMILES string of the molecule is CC(NC(=O)c1ccccc1)C(=O)NCc1cccc(Cl)c1. The zero-order chi connectivity index (χ0) is 15.9. The summed E-state index contributed by atoms with van der Waals surface area (Å²) in [5.74, 6) is -0.518. The minimum atomic E-state index is -0.619. The molecule has 2 aromatic rings. The van der Waals surface area contributed by atoms with Crippen LogP contribution in [0.1, 0.15) is 22.8 Å². The third-order valence-electron chi connectivity index (χ3n) is 3.13. The minimum absolute atomic E-state index is 0.246. The molecule has 0 aliphatic rings. The quantitative estimate of drug-likeness (QED) is 0.891. The third kappa shape index (κ3) is 4.60. The number of carbonyl (C=O) groups excluding carboxylic acids is 2. The van der Waals surface area contributed by atoms with Crippen molar-refractivity contribution in [2.75, 3.05) is 0 Å². The van der Waals surface area contributed by atoms with E-state index in [2.05, 4.69) is 10.6 Å². The van der Waals surface area contributed by atoms with Crippen molar-refractivity contribution in [1.82, 2.24) is 10.6 Å². The van der Waals surface area contributed by atoms with Gasteiger partial charge in [-0.25, -0.2) is 0 Å². The molecule has 114 valence electrons. The Labute approximate surface area is 134 Å². The summed E-state index contributed by atoms with van der Waals surface area (Å²) in [4.78, 5) is 24.0. The van der Waals surface area contributed by atoms with Crippen molar-refractivity contribution < 1.29 is 9.59 Å². The van der Waals surface area contributed by atoms with E-state index in [-0.39, 0.29) is 11.8 Å². The number of hydrogen-bond acceptors (Lipinski definition) is 2. The zero-order valence-electron chi connectivity index (χ0n) is 12.2. The van der Waals surface area contributed by atoms with Gasteiger partial charge >= 0.3 is 0 Å².